The van der Waals surface area contributed by atoms with Crippen molar-refractivity contribution < 1.29 is 13.4 Å². The smallest absolute Gasteiger partial charge is 0.265 e. The third kappa shape index (κ3) is 4.08. The number of nitrogens with one attached hydrogen (secondary N) is 1. The summed E-state index contributed by atoms with van der Waals surface area (Å²) >= 11 is 1.25. The number of rotatable bonds is 5. The molecule has 0 saturated heterocycles. The van der Waals surface area contributed by atoms with Crippen LogP contribution >= 0.6 is 11.3 Å². The molecule has 3 rings (SSSR count). The van der Waals surface area contributed by atoms with Gasteiger partial charge in [0.25, 0.3) is 5.91 Å². The van der Waals surface area contributed by atoms with Crippen molar-refractivity contribution in [2.45, 2.75) is 12.7 Å². The summed E-state index contributed by atoms with van der Waals surface area (Å²) in [7, 11) is -0.950. The summed E-state index contributed by atoms with van der Waals surface area (Å²) in [6, 6.07) is 15.5. The van der Waals surface area contributed by atoms with E-state index in [-0.39, 0.29) is 11.7 Å². The molecule has 3 nitrogen and oxygen atoms in total. The number of anilines is 1. The molecule has 0 unspecified atom stereocenters. The Kier molecular flexibility index (Phi) is 5.64. The van der Waals surface area contributed by atoms with E-state index >= 15 is 0 Å². The van der Waals surface area contributed by atoms with Gasteiger partial charge < -0.3 is 5.32 Å². The molecule has 0 bridgehead atoms. The number of carbonyl (C=O) groups is 1. The average Bonchev–Trinajstić information content (AvgIpc) is 3.08. The Balaban J connectivity index is 1.82. The lowest BCUT2D eigenvalue weighted by Gasteiger charge is -2.11. The highest BCUT2D eigenvalue weighted by Crippen LogP contribution is 2.30. The number of benzene rings is 2. The zero-order chi connectivity index (χ0) is 18.7. The van der Waals surface area contributed by atoms with Crippen molar-refractivity contribution in [3.63, 3.8) is 0 Å². The molecule has 2 aromatic carbocycles. The molecule has 0 aliphatic rings. The minimum absolute atomic E-state index is 0.240. The van der Waals surface area contributed by atoms with Gasteiger partial charge in [0.05, 0.1) is 4.88 Å². The van der Waals surface area contributed by atoms with Crippen LogP contribution in [-0.4, -0.2) is 16.4 Å². The van der Waals surface area contributed by atoms with E-state index in [1.165, 1.54) is 17.4 Å². The highest BCUT2D eigenvalue weighted by atomic mass is 32.2. The maximum absolute atomic E-state index is 13.9. The molecule has 6 heteroatoms. The lowest BCUT2D eigenvalue weighted by Crippen LogP contribution is -2.12. The summed E-state index contributed by atoms with van der Waals surface area (Å²) in [6.07, 6.45) is 1.65. The van der Waals surface area contributed by atoms with E-state index in [0.29, 0.717) is 26.8 Å². The molecule has 134 valence electrons. The molecule has 0 aliphatic carbocycles. The molecule has 0 radical (unpaired) electrons. The summed E-state index contributed by atoms with van der Waals surface area (Å²) in [5, 5.41) is 2.90. The monoisotopic (exact) mass is 387 g/mol. The quantitative estimate of drug-likeness (QED) is 0.670. The molecule has 3 aromatic rings. The minimum atomic E-state index is -0.950. The fourth-order valence-corrected chi connectivity index (χ4v) is 4.32. The van der Waals surface area contributed by atoms with Crippen LogP contribution in [-0.2, 0) is 16.6 Å². The van der Waals surface area contributed by atoms with Gasteiger partial charge in [-0.2, -0.15) is 0 Å². The van der Waals surface area contributed by atoms with Gasteiger partial charge in [0.15, 0.2) is 0 Å². The van der Waals surface area contributed by atoms with Crippen molar-refractivity contribution >= 4 is 33.7 Å². The fraction of sp³-hybridized carbons (Fsp3) is 0.150. The second-order valence-electron chi connectivity index (χ2n) is 5.91. The van der Waals surface area contributed by atoms with Gasteiger partial charge in [-0.25, -0.2) is 4.39 Å². The van der Waals surface area contributed by atoms with Crippen LogP contribution in [0.2, 0.25) is 0 Å². The van der Waals surface area contributed by atoms with Gasteiger partial charge in [0.1, 0.15) is 5.82 Å². The largest absolute Gasteiger partial charge is 0.321 e. The first kappa shape index (κ1) is 18.5. The SMILES string of the molecule is Cc1c(C[S@](C)=O)cccc1NC(=O)c1ccc(-c2ccccc2F)s1. The van der Waals surface area contributed by atoms with E-state index in [4.69, 9.17) is 0 Å². The zero-order valence-electron chi connectivity index (χ0n) is 14.4. The third-order valence-corrected chi connectivity index (χ3v) is 5.86. The van der Waals surface area contributed by atoms with Crippen molar-refractivity contribution in [3.8, 4) is 10.4 Å². The fourth-order valence-electron chi connectivity index (χ4n) is 2.64. The molecule has 1 atom stereocenters. The van der Waals surface area contributed by atoms with Gasteiger partial charge >= 0.3 is 0 Å². The van der Waals surface area contributed by atoms with E-state index in [9.17, 15) is 13.4 Å². The maximum Gasteiger partial charge on any atom is 0.265 e. The Morgan fingerprint density at radius 3 is 2.62 bits per heavy atom. The summed E-state index contributed by atoms with van der Waals surface area (Å²) in [5.74, 6) is -0.0979. The van der Waals surface area contributed by atoms with Gasteiger partial charge in [-0.05, 0) is 42.3 Å². The molecular weight excluding hydrogens is 369 g/mol. The predicted octanol–water partition coefficient (Wildman–Crippen LogP) is 4.99. The number of amides is 1. The third-order valence-electron chi connectivity index (χ3n) is 4.02. The highest BCUT2D eigenvalue weighted by molar-refractivity contribution is 7.83. The molecule has 1 heterocycles. The van der Waals surface area contributed by atoms with Crippen molar-refractivity contribution in [1.82, 2.24) is 0 Å². The van der Waals surface area contributed by atoms with E-state index in [2.05, 4.69) is 5.32 Å². The second-order valence-corrected chi connectivity index (χ2v) is 8.42. The first-order valence-electron chi connectivity index (χ1n) is 8.00. The molecule has 0 fully saturated rings. The molecule has 26 heavy (non-hydrogen) atoms. The Morgan fingerprint density at radius 1 is 1.12 bits per heavy atom. The van der Waals surface area contributed by atoms with Crippen LogP contribution in [0.3, 0.4) is 0 Å². The van der Waals surface area contributed by atoms with Crippen LogP contribution < -0.4 is 5.32 Å². The summed E-state index contributed by atoms with van der Waals surface area (Å²) in [4.78, 5) is 13.8. The van der Waals surface area contributed by atoms with Crippen molar-refractivity contribution in [2.24, 2.45) is 0 Å². The predicted molar refractivity (Wildman–Crippen MR) is 107 cm³/mol. The zero-order valence-corrected chi connectivity index (χ0v) is 16.0. The normalized spacial score (nSPS) is 12.0. The van der Waals surface area contributed by atoms with Gasteiger partial charge in [-0.1, -0.05) is 30.3 Å². The van der Waals surface area contributed by atoms with Crippen LogP contribution in [0.5, 0.6) is 0 Å². The van der Waals surface area contributed by atoms with Gasteiger partial charge in [-0.3, -0.25) is 9.00 Å². The van der Waals surface area contributed by atoms with Crippen molar-refractivity contribution in [3.05, 3.63) is 76.4 Å². The first-order chi connectivity index (χ1) is 12.5. The van der Waals surface area contributed by atoms with Gasteiger partial charge in [0, 0.05) is 38.9 Å². The van der Waals surface area contributed by atoms with Gasteiger partial charge in [0.2, 0.25) is 0 Å². The number of thiophene rings is 1. The minimum Gasteiger partial charge on any atom is -0.321 e. The average molecular weight is 388 g/mol. The van der Waals surface area contributed by atoms with E-state index in [1.54, 1.807) is 36.6 Å². The first-order valence-corrected chi connectivity index (χ1v) is 10.5. The molecule has 1 N–H and O–H groups in total. The van der Waals surface area contributed by atoms with Crippen LogP contribution in [0.1, 0.15) is 20.8 Å². The van der Waals surface area contributed by atoms with E-state index in [1.807, 2.05) is 25.1 Å². The summed E-state index contributed by atoms with van der Waals surface area (Å²) in [6.45, 7) is 1.90. The van der Waals surface area contributed by atoms with Crippen LogP contribution in [0.4, 0.5) is 10.1 Å². The topological polar surface area (TPSA) is 46.2 Å². The Labute approximate surface area is 158 Å². The van der Waals surface area contributed by atoms with Crippen molar-refractivity contribution in [1.29, 1.82) is 0 Å². The molecule has 0 spiro atoms. The van der Waals surface area contributed by atoms with Crippen molar-refractivity contribution in [2.75, 3.05) is 11.6 Å². The van der Waals surface area contributed by atoms with Crippen LogP contribution in [0.15, 0.2) is 54.6 Å². The molecule has 1 amide bonds. The number of hydrogen-bond donors (Lipinski definition) is 1. The summed E-state index contributed by atoms with van der Waals surface area (Å²) in [5.41, 5.74) is 3.03. The van der Waals surface area contributed by atoms with Gasteiger partial charge in [-0.15, -0.1) is 11.3 Å². The molecular formula is C20H18FNO2S2. The number of halogens is 1. The van der Waals surface area contributed by atoms with E-state index < -0.39 is 10.8 Å². The Hall–Kier alpha value is -2.31. The Bertz CT molecular complexity index is 981. The number of carbonyl (C=O) groups excluding carboxylic acids is 1. The standard InChI is InChI=1S/C20H18FNO2S2/c1-13-14(12-26(2)24)6-5-9-17(13)22-20(23)19-11-10-18(25-19)15-7-3-4-8-16(15)21/h3-11H,12H2,1-2H3,(H,22,23)/t26-/m0/s1. The highest BCUT2D eigenvalue weighted by Gasteiger charge is 2.14. The Morgan fingerprint density at radius 2 is 1.88 bits per heavy atom. The molecule has 0 aliphatic heterocycles. The van der Waals surface area contributed by atoms with Crippen LogP contribution in [0, 0.1) is 12.7 Å². The molecule has 0 saturated carbocycles. The van der Waals surface area contributed by atoms with Crippen LogP contribution in [0.25, 0.3) is 10.4 Å². The maximum atomic E-state index is 13.9. The lowest BCUT2D eigenvalue weighted by molar-refractivity contribution is 0.103. The lowest BCUT2D eigenvalue weighted by atomic mass is 10.1. The summed E-state index contributed by atoms with van der Waals surface area (Å²) < 4.78 is 25.4. The number of hydrogen-bond acceptors (Lipinski definition) is 3. The second kappa shape index (κ2) is 7.93. The van der Waals surface area contributed by atoms with E-state index in [0.717, 1.165) is 11.1 Å². The molecule has 1 aromatic heterocycles.